The molecule has 2 amide bonds. The first kappa shape index (κ1) is 17.4. The third-order valence-corrected chi connectivity index (χ3v) is 4.77. The lowest BCUT2D eigenvalue weighted by molar-refractivity contribution is 0.0613. The van der Waals surface area contributed by atoms with Crippen molar-refractivity contribution in [3.63, 3.8) is 0 Å². The van der Waals surface area contributed by atoms with Crippen LogP contribution in [-0.4, -0.2) is 49.9 Å². The van der Waals surface area contributed by atoms with Crippen molar-refractivity contribution < 1.29 is 9.59 Å². The van der Waals surface area contributed by atoms with E-state index in [0.717, 1.165) is 36.0 Å². The van der Waals surface area contributed by atoms with E-state index in [-0.39, 0.29) is 11.8 Å². The van der Waals surface area contributed by atoms with Crippen molar-refractivity contribution in [1.29, 1.82) is 0 Å². The summed E-state index contributed by atoms with van der Waals surface area (Å²) in [4.78, 5) is 29.4. The van der Waals surface area contributed by atoms with Gasteiger partial charge in [-0.05, 0) is 38.6 Å². The van der Waals surface area contributed by atoms with E-state index in [1.54, 1.807) is 0 Å². The number of hydrogen-bond acceptors (Lipinski definition) is 4. The van der Waals surface area contributed by atoms with Gasteiger partial charge in [0.15, 0.2) is 0 Å². The Bertz CT molecular complexity index is 794. The van der Waals surface area contributed by atoms with E-state index in [0.29, 0.717) is 24.2 Å². The Balaban J connectivity index is 2.17. The van der Waals surface area contributed by atoms with Crippen molar-refractivity contribution in [2.24, 2.45) is 0 Å². The zero-order chi connectivity index (χ0) is 18.0. The van der Waals surface area contributed by atoms with Crippen LogP contribution in [0.2, 0.25) is 0 Å². The lowest BCUT2D eigenvalue weighted by Crippen LogP contribution is -2.43. The van der Waals surface area contributed by atoms with Crippen LogP contribution >= 0.6 is 0 Å². The van der Waals surface area contributed by atoms with Crippen LogP contribution in [-0.2, 0) is 0 Å². The summed E-state index contributed by atoms with van der Waals surface area (Å²) in [6, 6.07) is 9.65. The number of amides is 2. The van der Waals surface area contributed by atoms with Gasteiger partial charge in [-0.25, -0.2) is 0 Å². The Labute approximate surface area is 148 Å². The van der Waals surface area contributed by atoms with Gasteiger partial charge < -0.3 is 10.2 Å². The van der Waals surface area contributed by atoms with Crippen molar-refractivity contribution in [1.82, 2.24) is 10.2 Å². The van der Waals surface area contributed by atoms with Gasteiger partial charge in [0.1, 0.15) is 0 Å². The minimum atomic E-state index is -0.200. The molecule has 1 aliphatic rings. The van der Waals surface area contributed by atoms with E-state index in [9.17, 15) is 9.59 Å². The normalized spacial score (nSPS) is 13.6. The fourth-order valence-electron chi connectivity index (χ4n) is 3.55. The van der Waals surface area contributed by atoms with Gasteiger partial charge in [-0.2, -0.15) is 0 Å². The highest BCUT2D eigenvalue weighted by molar-refractivity contribution is 6.26. The van der Waals surface area contributed by atoms with Crippen LogP contribution in [0, 0.1) is 0 Å². The Hall–Kier alpha value is -2.40. The summed E-state index contributed by atoms with van der Waals surface area (Å²) in [7, 11) is 1.81. The number of anilines is 1. The van der Waals surface area contributed by atoms with Gasteiger partial charge in [-0.3, -0.25) is 14.5 Å². The van der Waals surface area contributed by atoms with Crippen molar-refractivity contribution >= 4 is 28.3 Å². The van der Waals surface area contributed by atoms with Crippen LogP contribution in [0.1, 0.15) is 41.0 Å². The van der Waals surface area contributed by atoms with Crippen LogP contribution in [0.5, 0.6) is 0 Å². The fourth-order valence-corrected chi connectivity index (χ4v) is 3.55. The molecule has 2 aromatic rings. The number of carbonyl (C=O) groups is 2. The Morgan fingerprint density at radius 2 is 1.76 bits per heavy atom. The van der Waals surface area contributed by atoms with Crippen LogP contribution in [0.3, 0.4) is 0 Å². The number of likely N-dealkylation sites (N-methyl/N-ethyl adjacent to an activating group) is 1. The molecule has 25 heavy (non-hydrogen) atoms. The zero-order valence-corrected chi connectivity index (χ0v) is 15.1. The lowest BCUT2D eigenvalue weighted by Gasteiger charge is -2.30. The maximum atomic E-state index is 12.9. The van der Waals surface area contributed by atoms with E-state index < -0.39 is 0 Å². The van der Waals surface area contributed by atoms with Crippen LogP contribution < -0.4 is 10.2 Å². The molecule has 5 nitrogen and oxygen atoms in total. The summed E-state index contributed by atoms with van der Waals surface area (Å²) in [6.07, 6.45) is 1.05. The summed E-state index contributed by atoms with van der Waals surface area (Å²) in [5, 5.41) is 4.78. The molecule has 5 heteroatoms. The number of nitrogens with one attached hydrogen (secondary N) is 1. The second-order valence-corrected chi connectivity index (χ2v) is 6.31. The standard InChI is InChI=1S/C20H25N3O2/c1-4-12-22(5-2)17-10-9-16-18-14(17)7-6-8-15(18)19(24)23(20(16)25)13-11-21-3/h6-10,21H,4-5,11-13H2,1-3H3. The molecule has 3 rings (SSSR count). The van der Waals surface area contributed by atoms with E-state index in [2.05, 4.69) is 24.1 Å². The maximum absolute atomic E-state index is 12.9. The second-order valence-electron chi connectivity index (χ2n) is 6.31. The molecule has 0 radical (unpaired) electrons. The molecule has 0 fully saturated rings. The summed E-state index contributed by atoms with van der Waals surface area (Å²) in [5.74, 6) is -0.400. The smallest absolute Gasteiger partial charge is 0.261 e. The van der Waals surface area contributed by atoms with Gasteiger partial charge in [0.05, 0.1) is 0 Å². The summed E-state index contributed by atoms with van der Waals surface area (Å²) >= 11 is 0. The average molecular weight is 339 g/mol. The molecule has 0 atom stereocenters. The molecule has 0 aliphatic carbocycles. The summed E-state index contributed by atoms with van der Waals surface area (Å²) in [5.41, 5.74) is 2.34. The monoisotopic (exact) mass is 339 g/mol. The predicted molar refractivity (Wildman–Crippen MR) is 101 cm³/mol. The Kier molecular flexibility index (Phi) is 5.04. The Morgan fingerprint density at radius 3 is 2.40 bits per heavy atom. The molecule has 0 aromatic heterocycles. The second kappa shape index (κ2) is 7.23. The van der Waals surface area contributed by atoms with Gasteiger partial charge in [0.2, 0.25) is 0 Å². The highest BCUT2D eigenvalue weighted by Crippen LogP contribution is 2.35. The first-order chi connectivity index (χ1) is 12.1. The van der Waals surface area contributed by atoms with E-state index >= 15 is 0 Å². The number of carbonyl (C=O) groups excluding carboxylic acids is 2. The number of imide groups is 1. The summed E-state index contributed by atoms with van der Waals surface area (Å²) < 4.78 is 0. The van der Waals surface area contributed by atoms with Gasteiger partial charge in [0.25, 0.3) is 11.8 Å². The zero-order valence-electron chi connectivity index (χ0n) is 15.1. The topological polar surface area (TPSA) is 52.7 Å². The van der Waals surface area contributed by atoms with Crippen LogP contribution in [0.4, 0.5) is 5.69 Å². The predicted octanol–water partition coefficient (Wildman–Crippen LogP) is 2.89. The first-order valence-corrected chi connectivity index (χ1v) is 8.95. The van der Waals surface area contributed by atoms with Gasteiger partial charge in [-0.15, -0.1) is 0 Å². The molecule has 132 valence electrons. The van der Waals surface area contributed by atoms with E-state index in [4.69, 9.17) is 0 Å². The lowest BCUT2D eigenvalue weighted by atomic mass is 9.92. The Morgan fingerprint density at radius 1 is 1.04 bits per heavy atom. The number of benzene rings is 2. The van der Waals surface area contributed by atoms with Gasteiger partial charge in [0, 0.05) is 53.8 Å². The number of hydrogen-bond donors (Lipinski definition) is 1. The molecule has 1 aliphatic heterocycles. The molecular formula is C20H25N3O2. The molecule has 0 saturated carbocycles. The molecule has 0 unspecified atom stereocenters. The first-order valence-electron chi connectivity index (χ1n) is 8.95. The molecule has 2 aromatic carbocycles. The third kappa shape index (κ3) is 2.89. The average Bonchev–Trinajstić information content (AvgIpc) is 2.64. The van der Waals surface area contributed by atoms with Crippen LogP contribution in [0.25, 0.3) is 10.8 Å². The van der Waals surface area contributed by atoms with Crippen molar-refractivity contribution in [2.75, 3.05) is 38.1 Å². The van der Waals surface area contributed by atoms with Gasteiger partial charge >= 0.3 is 0 Å². The van der Waals surface area contributed by atoms with Crippen molar-refractivity contribution in [3.8, 4) is 0 Å². The largest absolute Gasteiger partial charge is 0.371 e. The molecule has 1 N–H and O–H groups in total. The number of rotatable bonds is 7. The minimum absolute atomic E-state index is 0.200. The highest BCUT2D eigenvalue weighted by Gasteiger charge is 2.33. The molecule has 0 bridgehead atoms. The molecule has 0 saturated heterocycles. The molecular weight excluding hydrogens is 314 g/mol. The maximum Gasteiger partial charge on any atom is 0.261 e. The summed E-state index contributed by atoms with van der Waals surface area (Å²) in [6.45, 7) is 7.08. The minimum Gasteiger partial charge on any atom is -0.371 e. The highest BCUT2D eigenvalue weighted by atomic mass is 16.2. The molecule has 1 heterocycles. The third-order valence-electron chi connectivity index (χ3n) is 4.77. The SMILES string of the molecule is CCCN(CC)c1ccc2c3c(cccc13)C(=O)N(CCNC)C2=O. The molecule has 0 spiro atoms. The fraction of sp³-hybridized carbons (Fsp3) is 0.400. The van der Waals surface area contributed by atoms with Crippen molar-refractivity contribution in [3.05, 3.63) is 41.5 Å². The quantitative estimate of drug-likeness (QED) is 0.788. The van der Waals surface area contributed by atoms with Gasteiger partial charge in [-0.1, -0.05) is 19.1 Å². The van der Waals surface area contributed by atoms with Crippen molar-refractivity contribution in [2.45, 2.75) is 20.3 Å². The van der Waals surface area contributed by atoms with Crippen LogP contribution in [0.15, 0.2) is 30.3 Å². The van der Waals surface area contributed by atoms with E-state index in [1.807, 2.05) is 37.4 Å². The number of nitrogens with zero attached hydrogens (tertiary/aromatic N) is 2. The van der Waals surface area contributed by atoms with E-state index in [1.165, 1.54) is 4.90 Å².